The molecular weight excluding hydrogens is 394 g/mol. The first-order chi connectivity index (χ1) is 14.6. The molecule has 0 atom stereocenters. The van der Waals surface area contributed by atoms with Crippen LogP contribution in [0.5, 0.6) is 0 Å². The molecule has 30 heavy (non-hydrogen) atoms. The maximum Gasteiger partial charge on any atom is 0.407 e. The number of benzene rings is 3. The summed E-state index contributed by atoms with van der Waals surface area (Å²) in [6.07, 6.45) is 4.30. The Labute approximate surface area is 182 Å². The van der Waals surface area contributed by atoms with Crippen molar-refractivity contribution in [2.45, 2.75) is 19.3 Å². The maximum atomic E-state index is 12.2. The van der Waals surface area contributed by atoms with Crippen LogP contribution in [-0.4, -0.2) is 19.2 Å². The highest BCUT2D eigenvalue weighted by atomic mass is 35.5. The Hall–Kier alpha value is -3.04. The van der Waals surface area contributed by atoms with Gasteiger partial charge in [-0.2, -0.15) is 0 Å². The Morgan fingerprint density at radius 1 is 1.00 bits per heavy atom. The number of carbonyl (C=O) groups excluding carboxylic acids is 1. The Bertz CT molecular complexity index is 1040. The van der Waals surface area contributed by atoms with Crippen molar-refractivity contribution in [3.05, 3.63) is 100 Å². The van der Waals surface area contributed by atoms with Gasteiger partial charge in [-0.15, -0.1) is 0 Å². The third-order valence-electron chi connectivity index (χ3n) is 5.44. The van der Waals surface area contributed by atoms with Crippen LogP contribution in [0.3, 0.4) is 0 Å². The number of ether oxygens (including phenoxy) is 1. The molecular formula is C26H24ClNO2. The number of hydrogen-bond donors (Lipinski definition) is 1. The van der Waals surface area contributed by atoms with E-state index in [0.717, 1.165) is 16.1 Å². The highest BCUT2D eigenvalue weighted by Gasteiger charge is 2.28. The standard InChI is InChI=1S/C26H24ClNO2/c1-18-9-8-11-19(25(18)27)10-6-7-16-28-26(29)30-17-24-22-14-4-2-12-20(22)21-13-3-5-15-23(21)24/h2-6,8-15,24H,7,16-17H2,1H3,(H,28,29). The van der Waals surface area contributed by atoms with E-state index in [-0.39, 0.29) is 12.0 Å². The summed E-state index contributed by atoms with van der Waals surface area (Å²) in [5.41, 5.74) is 6.91. The lowest BCUT2D eigenvalue weighted by molar-refractivity contribution is 0.143. The van der Waals surface area contributed by atoms with Gasteiger partial charge in [0.05, 0.1) is 5.02 Å². The van der Waals surface area contributed by atoms with Crippen molar-refractivity contribution in [3.8, 4) is 11.1 Å². The average molecular weight is 418 g/mol. The van der Waals surface area contributed by atoms with Crippen LogP contribution in [0.25, 0.3) is 17.2 Å². The number of hydrogen-bond acceptors (Lipinski definition) is 2. The summed E-state index contributed by atoms with van der Waals surface area (Å²) in [5.74, 6) is 0.0755. The smallest absolute Gasteiger partial charge is 0.407 e. The molecule has 0 heterocycles. The lowest BCUT2D eigenvalue weighted by Crippen LogP contribution is -2.26. The molecule has 0 aromatic heterocycles. The van der Waals surface area contributed by atoms with Crippen LogP contribution in [0.15, 0.2) is 72.8 Å². The molecule has 1 N–H and O–H groups in total. The van der Waals surface area contributed by atoms with Crippen molar-refractivity contribution < 1.29 is 9.53 Å². The summed E-state index contributed by atoms with van der Waals surface area (Å²) >= 11 is 6.29. The molecule has 0 unspecified atom stereocenters. The van der Waals surface area contributed by atoms with E-state index in [4.69, 9.17) is 16.3 Å². The lowest BCUT2D eigenvalue weighted by Gasteiger charge is -2.14. The SMILES string of the molecule is Cc1cccc(C=CCCNC(=O)OCC2c3ccccc3-c3ccccc32)c1Cl. The largest absolute Gasteiger partial charge is 0.449 e. The maximum absolute atomic E-state index is 12.2. The van der Waals surface area contributed by atoms with Gasteiger partial charge in [-0.3, -0.25) is 0 Å². The molecule has 0 saturated carbocycles. The minimum Gasteiger partial charge on any atom is -0.449 e. The van der Waals surface area contributed by atoms with E-state index in [0.29, 0.717) is 19.6 Å². The summed E-state index contributed by atoms with van der Waals surface area (Å²) < 4.78 is 5.54. The van der Waals surface area contributed by atoms with Crippen LogP contribution in [0.1, 0.15) is 34.6 Å². The number of rotatable bonds is 6. The molecule has 0 saturated heterocycles. The minimum atomic E-state index is -0.390. The Morgan fingerprint density at radius 3 is 2.37 bits per heavy atom. The summed E-state index contributed by atoms with van der Waals surface area (Å²) in [7, 11) is 0. The van der Waals surface area contributed by atoms with Crippen molar-refractivity contribution in [2.24, 2.45) is 0 Å². The molecule has 4 rings (SSSR count). The van der Waals surface area contributed by atoms with E-state index in [1.54, 1.807) is 0 Å². The predicted octanol–water partition coefficient (Wildman–Crippen LogP) is 6.59. The number of alkyl carbamates (subject to hydrolysis) is 1. The summed E-state index contributed by atoms with van der Waals surface area (Å²) in [5, 5.41) is 3.58. The molecule has 1 amide bonds. The number of aryl methyl sites for hydroxylation is 1. The highest BCUT2D eigenvalue weighted by molar-refractivity contribution is 6.32. The molecule has 0 radical (unpaired) electrons. The monoisotopic (exact) mass is 417 g/mol. The van der Waals surface area contributed by atoms with Gasteiger partial charge in [-0.25, -0.2) is 4.79 Å². The van der Waals surface area contributed by atoms with Crippen molar-refractivity contribution in [3.63, 3.8) is 0 Å². The molecule has 1 aliphatic carbocycles. The second-order valence-electron chi connectivity index (χ2n) is 7.42. The number of carbonyl (C=O) groups is 1. The first-order valence-electron chi connectivity index (χ1n) is 10.2. The van der Waals surface area contributed by atoms with Gasteiger partial charge in [0.2, 0.25) is 0 Å². The zero-order valence-corrected chi connectivity index (χ0v) is 17.7. The third kappa shape index (κ3) is 4.27. The normalized spacial score (nSPS) is 12.6. The molecule has 1 aliphatic rings. The fourth-order valence-electron chi connectivity index (χ4n) is 3.92. The fraction of sp³-hybridized carbons (Fsp3) is 0.192. The van der Waals surface area contributed by atoms with E-state index >= 15 is 0 Å². The second-order valence-corrected chi connectivity index (χ2v) is 7.80. The van der Waals surface area contributed by atoms with E-state index in [1.807, 2.05) is 61.5 Å². The number of halogens is 1. The molecule has 3 aromatic carbocycles. The first kappa shape index (κ1) is 20.2. The predicted molar refractivity (Wildman–Crippen MR) is 123 cm³/mol. The molecule has 0 fully saturated rings. The molecule has 0 aliphatic heterocycles. The Kier molecular flexibility index (Phi) is 6.20. The molecule has 3 aromatic rings. The second kappa shape index (κ2) is 9.19. The lowest BCUT2D eigenvalue weighted by atomic mass is 9.98. The van der Waals surface area contributed by atoms with Crippen molar-refractivity contribution >= 4 is 23.8 Å². The quantitative estimate of drug-likeness (QED) is 0.459. The van der Waals surface area contributed by atoms with E-state index in [2.05, 4.69) is 29.6 Å². The summed E-state index contributed by atoms with van der Waals surface area (Å²) in [4.78, 5) is 12.2. The molecule has 4 heteroatoms. The third-order valence-corrected chi connectivity index (χ3v) is 5.96. The molecule has 0 bridgehead atoms. The number of nitrogens with one attached hydrogen (secondary N) is 1. The van der Waals surface area contributed by atoms with Gasteiger partial charge in [0.15, 0.2) is 0 Å². The van der Waals surface area contributed by atoms with E-state index in [1.165, 1.54) is 22.3 Å². The summed E-state index contributed by atoms with van der Waals surface area (Å²) in [6.45, 7) is 2.82. The zero-order chi connectivity index (χ0) is 20.9. The Morgan fingerprint density at radius 2 is 1.67 bits per heavy atom. The van der Waals surface area contributed by atoms with E-state index in [9.17, 15) is 4.79 Å². The topological polar surface area (TPSA) is 38.3 Å². The van der Waals surface area contributed by atoms with Crippen LogP contribution in [-0.2, 0) is 4.74 Å². The van der Waals surface area contributed by atoms with Crippen molar-refractivity contribution in [1.29, 1.82) is 0 Å². The van der Waals surface area contributed by atoms with Gasteiger partial charge >= 0.3 is 6.09 Å². The number of fused-ring (bicyclic) bond motifs is 3. The van der Waals surface area contributed by atoms with Crippen LogP contribution in [0.4, 0.5) is 4.79 Å². The van der Waals surface area contributed by atoms with Gasteiger partial charge < -0.3 is 10.1 Å². The van der Waals surface area contributed by atoms with Crippen LogP contribution in [0.2, 0.25) is 5.02 Å². The van der Waals surface area contributed by atoms with E-state index < -0.39 is 0 Å². The van der Waals surface area contributed by atoms with Gasteiger partial charge in [0.1, 0.15) is 6.61 Å². The van der Waals surface area contributed by atoms with Crippen molar-refractivity contribution in [1.82, 2.24) is 5.32 Å². The molecule has 3 nitrogen and oxygen atoms in total. The zero-order valence-electron chi connectivity index (χ0n) is 16.9. The highest BCUT2D eigenvalue weighted by Crippen LogP contribution is 2.44. The van der Waals surface area contributed by atoms with Gasteiger partial charge in [0.25, 0.3) is 0 Å². The van der Waals surface area contributed by atoms with Gasteiger partial charge in [0, 0.05) is 12.5 Å². The van der Waals surface area contributed by atoms with Crippen LogP contribution < -0.4 is 5.32 Å². The first-order valence-corrected chi connectivity index (χ1v) is 10.5. The summed E-state index contributed by atoms with van der Waals surface area (Å²) in [6, 6.07) is 22.6. The number of amides is 1. The van der Waals surface area contributed by atoms with Gasteiger partial charge in [-0.05, 0) is 46.7 Å². The minimum absolute atomic E-state index is 0.0755. The van der Waals surface area contributed by atoms with Crippen molar-refractivity contribution in [2.75, 3.05) is 13.2 Å². The molecule has 0 spiro atoms. The van der Waals surface area contributed by atoms with Gasteiger partial charge in [-0.1, -0.05) is 90.5 Å². The van der Waals surface area contributed by atoms with Crippen LogP contribution in [0, 0.1) is 6.92 Å². The fourth-order valence-corrected chi connectivity index (χ4v) is 4.11. The molecule has 152 valence electrons. The van der Waals surface area contributed by atoms with Crippen LogP contribution >= 0.6 is 11.6 Å². The average Bonchev–Trinajstić information content (AvgIpc) is 3.09. The Balaban J connectivity index is 1.28.